The van der Waals surface area contributed by atoms with Gasteiger partial charge in [-0.3, -0.25) is 14.9 Å². The van der Waals surface area contributed by atoms with Gasteiger partial charge in [-0.15, -0.1) is 0 Å². The van der Waals surface area contributed by atoms with Crippen molar-refractivity contribution in [1.29, 1.82) is 1.43 Å². The van der Waals surface area contributed by atoms with Crippen LogP contribution in [0.25, 0.3) is 1.43 Å². The first-order valence-electron chi connectivity index (χ1n) is 23.4. The zero-order chi connectivity index (χ0) is 49.8. The van der Waals surface area contributed by atoms with Crippen LogP contribution in [-0.2, 0) is 25.5 Å². The minimum atomic E-state index is -5.52. The number of hydrogen-bond acceptors (Lipinski definition) is 6. The first kappa shape index (κ1) is 5.14. The molecule has 0 aromatic heterocycles. The number of nitrogens with one attached hydrogen (secondary N) is 1. The molecule has 0 bridgehead atoms. The topological polar surface area (TPSA) is 95.9 Å². The number of hydrogen-bond donors (Lipinski definition) is 2. The highest BCUT2D eigenvalue weighted by molar-refractivity contribution is 5.88. The molecule has 5 atom stereocenters. The number of carbonyl (C=O) groups excluding carboxylic acids is 2. The molecule has 0 radical (unpaired) electrons. The lowest BCUT2D eigenvalue weighted by molar-refractivity contribution is -0.151. The van der Waals surface area contributed by atoms with E-state index in [0.717, 1.165) is 0 Å². The van der Waals surface area contributed by atoms with E-state index < -0.39 is 152 Å². The van der Waals surface area contributed by atoms with Gasteiger partial charge in [-0.05, 0) is 57.0 Å². The third-order valence-corrected chi connectivity index (χ3v) is 3.26. The number of carbonyl (C=O) groups is 3. The van der Waals surface area contributed by atoms with Crippen LogP contribution in [0, 0.1) is 5.89 Å². The molecular formula is C23H32N2O5. The normalized spacial score (nSPS) is 58.9. The fourth-order valence-electron chi connectivity index (χ4n) is 2.08. The molecule has 2 fully saturated rings. The summed E-state index contributed by atoms with van der Waals surface area (Å²) in [7, 11) is 0. The maximum atomic E-state index is 15.0. The molecule has 0 unspecified atom stereocenters. The second-order valence-electron chi connectivity index (χ2n) is 5.05. The van der Waals surface area contributed by atoms with Crippen LogP contribution >= 0.6 is 0 Å². The monoisotopic (exact) mass is 448 g/mol. The summed E-state index contributed by atoms with van der Waals surface area (Å²) >= 11 is 0. The fourth-order valence-corrected chi connectivity index (χ4v) is 2.08. The zero-order valence-corrected chi connectivity index (χ0v) is 14.4. The highest BCUT2D eigenvalue weighted by Gasteiger charge is 2.49. The highest BCUT2D eigenvalue weighted by atomic mass is 16.5. The standard InChI is InChI=1S/C23H32N2O5/c1-3-30-23(29)18(13-12-16-8-5-4-6-9-16)24-15(2)21(26)25-19-11-7-10-17(19)14-20(25)22(27)28/h4-6,8-9,15,17-20,24H,3,7,10-14H2,1-2H3,(H,27,28)/t15-,17-,18-,19-,20-/m0/s1/i1D3,2D3,3D2,4D,5D,6D,7D2,8D,9D,10D2,11D2,12D2,13D2,14D2,15D,17D,18D,19D,20D/hD2. The Kier molecular flexibility index (Phi) is 1.73. The number of carboxylic acid groups (broad SMARTS) is 1. The van der Waals surface area contributed by atoms with Gasteiger partial charge >= 0.3 is 11.9 Å². The van der Waals surface area contributed by atoms with Gasteiger partial charge in [-0.25, -0.2) is 4.79 Å². The van der Waals surface area contributed by atoms with Crippen LogP contribution in [0.2, 0.25) is 1.41 Å². The second kappa shape index (κ2) is 10.1. The third-order valence-electron chi connectivity index (χ3n) is 3.26. The number of aliphatic carboxylic acids is 1. The van der Waals surface area contributed by atoms with E-state index >= 15 is 0 Å². The molecule has 2 aliphatic rings. The van der Waals surface area contributed by atoms with Crippen LogP contribution in [0.1, 0.15) is 92.3 Å². The average Bonchev–Trinajstić information content (AvgIpc) is 3.26. The van der Waals surface area contributed by atoms with E-state index in [9.17, 15) is 14.4 Å². The molecule has 7 heteroatoms. The van der Waals surface area contributed by atoms with Gasteiger partial charge in [0.25, 0.3) is 1.43 Å². The summed E-state index contributed by atoms with van der Waals surface area (Å²) in [4.78, 5) is 40.8. The Morgan fingerprint density at radius 3 is 3.10 bits per heavy atom. The molecule has 1 saturated heterocycles. The van der Waals surface area contributed by atoms with Crippen LogP contribution in [0.15, 0.2) is 30.2 Å². The van der Waals surface area contributed by atoms with Crippen molar-refractivity contribution < 1.29 is 66.8 Å². The zero-order valence-electron chi connectivity index (χ0n) is 46.4. The van der Waals surface area contributed by atoms with Crippen LogP contribution in [0.4, 0.5) is 0 Å². The maximum absolute atomic E-state index is 15.0. The minimum absolute atomic E-state index is 1.28. The maximum Gasteiger partial charge on any atom is 0.326 e. The molecule has 2 N–H and O–H groups in total. The Morgan fingerprint density at radius 1 is 1.53 bits per heavy atom. The number of esters is 1. The molecule has 7 nitrogen and oxygen atoms in total. The molecule has 1 aromatic rings. The van der Waals surface area contributed by atoms with E-state index in [1.54, 1.807) is 0 Å². The predicted octanol–water partition coefficient (Wildman–Crippen LogP) is 2.38. The van der Waals surface area contributed by atoms with Crippen molar-refractivity contribution in [2.75, 3.05) is 6.56 Å². The highest BCUT2D eigenvalue weighted by Crippen LogP contribution is 2.41. The molecule has 1 heterocycles. The molecule has 3 rings (SSSR count). The van der Waals surface area contributed by atoms with Gasteiger partial charge in [0.05, 0.1) is 27.7 Å². The quantitative estimate of drug-likeness (QED) is 0.563. The Hall–Kier alpha value is -2.41. The molecule has 1 aliphatic carbocycles. The van der Waals surface area contributed by atoms with Gasteiger partial charge in [0, 0.05) is 32.1 Å². The fraction of sp³-hybridized carbons (Fsp3) is 0.609. The molecule has 1 aromatic carbocycles. The summed E-state index contributed by atoms with van der Waals surface area (Å²) in [5, 5.41) is 1.74. The average molecular weight is 449 g/mol. The first-order chi connectivity index (χ1) is 27.0. The number of rotatable bonds is 9. The van der Waals surface area contributed by atoms with Crippen molar-refractivity contribution in [2.45, 2.75) is 76.0 Å². The smallest absolute Gasteiger partial charge is 0.326 e. The number of benzene rings is 1. The lowest BCUT2D eigenvalue weighted by Crippen LogP contribution is -2.55. The number of amides is 1. The Labute approximate surface area is 222 Å². The van der Waals surface area contributed by atoms with Gasteiger partial charge in [0.15, 0.2) is 0 Å². The van der Waals surface area contributed by atoms with E-state index in [4.69, 9.17) is 44.0 Å². The van der Waals surface area contributed by atoms with Gasteiger partial charge in [-0.1, -0.05) is 36.6 Å². The lowest BCUT2D eigenvalue weighted by atomic mass is 10.0. The van der Waals surface area contributed by atoms with E-state index in [1.165, 1.54) is 0 Å². The van der Waals surface area contributed by atoms with Crippen molar-refractivity contribution in [3.05, 3.63) is 35.8 Å². The summed E-state index contributed by atoms with van der Waals surface area (Å²) in [6.07, 6.45) is -28.5. The van der Waals surface area contributed by atoms with Crippen LogP contribution in [0.3, 0.4) is 0 Å². The van der Waals surface area contributed by atoms with Crippen LogP contribution < -0.4 is 5.31 Å². The Morgan fingerprint density at radius 2 is 2.37 bits per heavy atom. The lowest BCUT2D eigenvalue weighted by Gasteiger charge is -2.31. The second-order valence-corrected chi connectivity index (χ2v) is 5.05. The van der Waals surface area contributed by atoms with Crippen molar-refractivity contribution in [2.24, 2.45) is 5.89 Å². The SMILES string of the molecule is [2H]OC(=O)[C@@]1([2H])N(C(=O)[C@@]([2H])(N([2H])[C@]([2H])(C(=O)OC([2H])([2H])C([2H])([2H])[2H])C([2H])([2H])C([2H])([2H])c2c([2H])c([2H])c([2H])c([2H])c2[2H])C([2H])([2H])[2H])[C@@]2([2H])C([2H])([2H])C([2H])([2H])C([2H])([2H])[C@@]2([2H])C1([2H])[2H]. The van der Waals surface area contributed by atoms with Crippen molar-refractivity contribution in [1.82, 2.24) is 10.2 Å². The summed E-state index contributed by atoms with van der Waals surface area (Å²) in [6.45, 7) is -13.8. The summed E-state index contributed by atoms with van der Waals surface area (Å²) < 4.78 is 269. The number of fused-ring (bicyclic) bond motifs is 1. The predicted molar refractivity (Wildman–Crippen MR) is 112 cm³/mol. The van der Waals surface area contributed by atoms with Gasteiger partial charge in [0.1, 0.15) is 13.4 Å². The van der Waals surface area contributed by atoms with Crippen molar-refractivity contribution >= 4 is 17.8 Å². The van der Waals surface area contributed by atoms with Crippen molar-refractivity contribution in [3.63, 3.8) is 0 Å². The van der Waals surface area contributed by atoms with Crippen LogP contribution in [0.5, 0.6) is 0 Å². The Bertz CT molecular complexity index is 2040. The largest absolute Gasteiger partial charge is 0.480 e. The number of ether oxygens (including phenoxy) is 1. The van der Waals surface area contributed by atoms with Crippen LogP contribution in [-0.4, -0.2) is 58.5 Å². The molecule has 164 valence electrons. The molecule has 1 aliphatic heterocycles. The van der Waals surface area contributed by atoms with E-state index in [2.05, 4.69) is 9.85 Å². The molecule has 1 amide bonds. The van der Waals surface area contributed by atoms with Gasteiger partial charge < -0.3 is 14.7 Å². The van der Waals surface area contributed by atoms with Gasteiger partial charge in [-0.2, -0.15) is 0 Å². The molecule has 0 spiro atoms. The minimum Gasteiger partial charge on any atom is -0.480 e. The summed E-state index contributed by atoms with van der Waals surface area (Å²) in [6, 6.07) is -28.5. The van der Waals surface area contributed by atoms with E-state index in [0.29, 0.717) is 0 Å². The molecular weight excluding hydrogens is 384 g/mol. The van der Waals surface area contributed by atoms with E-state index in [-0.39, 0.29) is 0 Å². The number of carboxylic acids is 1. The summed E-state index contributed by atoms with van der Waals surface area (Å²) in [5.41, 5.74) is -1.90. The van der Waals surface area contributed by atoms with Gasteiger partial charge in [0.2, 0.25) is 5.91 Å². The molecule has 1 saturated carbocycles. The first-order valence-corrected chi connectivity index (χ1v) is 7.59. The number of likely N-dealkylation sites (tertiary alicyclic amines) is 1. The third kappa shape index (κ3) is 5.01. The van der Waals surface area contributed by atoms with E-state index in [1.807, 2.05) is 0 Å². The summed E-state index contributed by atoms with van der Waals surface area (Å²) in [5.74, 6) is -14.4. The Balaban J connectivity index is 2.70. The van der Waals surface area contributed by atoms with Crippen molar-refractivity contribution in [3.8, 4) is 0 Å². The molecule has 30 heavy (non-hydrogen) atoms. The number of nitrogens with zero attached hydrogens (tertiary/aromatic N) is 1.